The van der Waals surface area contributed by atoms with E-state index in [4.69, 9.17) is 9.47 Å². The molecule has 106 valence electrons. The Kier molecular flexibility index (Phi) is 5.67. The van der Waals surface area contributed by atoms with Crippen LogP contribution in [0.2, 0.25) is 0 Å². The van der Waals surface area contributed by atoms with E-state index in [9.17, 15) is 0 Å². The highest BCUT2D eigenvalue weighted by molar-refractivity contribution is 5.29. The van der Waals surface area contributed by atoms with Crippen molar-refractivity contribution >= 4 is 0 Å². The van der Waals surface area contributed by atoms with E-state index < -0.39 is 0 Å². The highest BCUT2D eigenvalue weighted by Gasteiger charge is 2.16. The number of methoxy groups -OCH3 is 1. The summed E-state index contributed by atoms with van der Waals surface area (Å²) in [5.41, 5.74) is 1.33. The topological polar surface area (TPSA) is 30.5 Å². The molecule has 0 aliphatic carbocycles. The Morgan fingerprint density at radius 1 is 1.37 bits per heavy atom. The summed E-state index contributed by atoms with van der Waals surface area (Å²) >= 11 is 0. The Labute approximate surface area is 116 Å². The molecular weight excluding hydrogens is 238 g/mol. The van der Waals surface area contributed by atoms with Crippen LogP contribution in [0.4, 0.5) is 0 Å². The predicted octanol–water partition coefficient (Wildman–Crippen LogP) is 3.31. The van der Waals surface area contributed by atoms with Crippen LogP contribution in [0.1, 0.15) is 43.7 Å². The molecule has 1 fully saturated rings. The normalized spacial score (nSPS) is 20.4. The summed E-state index contributed by atoms with van der Waals surface area (Å²) in [7, 11) is 3.73. The van der Waals surface area contributed by atoms with Crippen molar-refractivity contribution < 1.29 is 9.47 Å². The molecule has 1 heterocycles. The van der Waals surface area contributed by atoms with Gasteiger partial charge in [-0.05, 0) is 56.8 Å². The van der Waals surface area contributed by atoms with Crippen molar-refractivity contribution in [2.75, 3.05) is 20.8 Å². The van der Waals surface area contributed by atoms with Crippen molar-refractivity contribution in [1.82, 2.24) is 5.32 Å². The molecular formula is C16H25NO2. The lowest BCUT2D eigenvalue weighted by Gasteiger charge is -2.18. The zero-order chi connectivity index (χ0) is 13.5. The van der Waals surface area contributed by atoms with E-state index in [1.165, 1.54) is 31.2 Å². The van der Waals surface area contributed by atoms with Gasteiger partial charge in [0.1, 0.15) is 5.75 Å². The molecule has 19 heavy (non-hydrogen) atoms. The molecule has 0 saturated carbocycles. The maximum Gasteiger partial charge on any atom is 0.118 e. The minimum absolute atomic E-state index is 0.423. The molecule has 3 heteroatoms. The van der Waals surface area contributed by atoms with E-state index in [2.05, 4.69) is 17.4 Å². The molecule has 1 saturated heterocycles. The van der Waals surface area contributed by atoms with Crippen LogP contribution in [0.15, 0.2) is 24.3 Å². The Morgan fingerprint density at radius 2 is 2.16 bits per heavy atom. The predicted molar refractivity (Wildman–Crippen MR) is 77.6 cm³/mol. The Balaban J connectivity index is 1.80. The maximum absolute atomic E-state index is 5.67. The number of hydrogen-bond acceptors (Lipinski definition) is 3. The molecule has 2 atom stereocenters. The first-order valence-electron chi connectivity index (χ1n) is 7.26. The third-order valence-electron chi connectivity index (χ3n) is 3.91. The second-order valence-electron chi connectivity index (χ2n) is 5.18. The van der Waals surface area contributed by atoms with E-state index >= 15 is 0 Å². The molecule has 1 aromatic rings. The fraction of sp³-hybridized carbons (Fsp3) is 0.625. The Morgan fingerprint density at radius 3 is 2.74 bits per heavy atom. The van der Waals surface area contributed by atoms with Gasteiger partial charge in [0.05, 0.1) is 13.2 Å². The van der Waals surface area contributed by atoms with Crippen molar-refractivity contribution in [2.45, 2.75) is 44.2 Å². The van der Waals surface area contributed by atoms with Crippen LogP contribution in [-0.4, -0.2) is 26.9 Å². The maximum atomic E-state index is 5.67. The van der Waals surface area contributed by atoms with Gasteiger partial charge in [-0.15, -0.1) is 0 Å². The summed E-state index contributed by atoms with van der Waals surface area (Å²) in [5, 5.41) is 3.40. The van der Waals surface area contributed by atoms with Crippen LogP contribution in [0.3, 0.4) is 0 Å². The Hall–Kier alpha value is -1.06. The SMILES string of the molecule is CNC(CCCC1CCCO1)c1ccc(OC)cc1. The minimum atomic E-state index is 0.423. The fourth-order valence-electron chi connectivity index (χ4n) is 2.74. The van der Waals surface area contributed by atoms with Gasteiger partial charge >= 0.3 is 0 Å². The molecule has 0 amide bonds. The first-order valence-corrected chi connectivity index (χ1v) is 7.26. The zero-order valence-corrected chi connectivity index (χ0v) is 12.0. The number of nitrogens with one attached hydrogen (secondary N) is 1. The fourth-order valence-corrected chi connectivity index (χ4v) is 2.74. The summed E-state index contributed by atoms with van der Waals surface area (Å²) in [5.74, 6) is 0.915. The zero-order valence-electron chi connectivity index (χ0n) is 12.0. The van der Waals surface area contributed by atoms with Crippen molar-refractivity contribution in [1.29, 1.82) is 0 Å². The average Bonchev–Trinajstić information content (AvgIpc) is 2.97. The molecule has 1 aromatic carbocycles. The summed E-state index contributed by atoms with van der Waals surface area (Å²) in [4.78, 5) is 0. The summed E-state index contributed by atoms with van der Waals surface area (Å²) in [6.07, 6.45) is 6.54. The molecule has 1 aliphatic rings. The lowest BCUT2D eigenvalue weighted by atomic mass is 9.99. The van der Waals surface area contributed by atoms with Gasteiger partial charge in [-0.3, -0.25) is 0 Å². The van der Waals surface area contributed by atoms with Gasteiger partial charge in [-0.25, -0.2) is 0 Å². The molecule has 1 N–H and O–H groups in total. The van der Waals surface area contributed by atoms with Gasteiger partial charge in [-0.2, -0.15) is 0 Å². The van der Waals surface area contributed by atoms with Crippen molar-refractivity contribution in [3.63, 3.8) is 0 Å². The quantitative estimate of drug-likeness (QED) is 0.818. The third kappa shape index (κ3) is 4.22. The number of benzene rings is 1. The largest absolute Gasteiger partial charge is 0.497 e. The van der Waals surface area contributed by atoms with Crippen LogP contribution in [0.25, 0.3) is 0 Å². The van der Waals surface area contributed by atoms with Gasteiger partial charge in [0, 0.05) is 12.6 Å². The van der Waals surface area contributed by atoms with E-state index in [0.29, 0.717) is 12.1 Å². The highest BCUT2D eigenvalue weighted by Crippen LogP contribution is 2.24. The molecule has 3 nitrogen and oxygen atoms in total. The van der Waals surface area contributed by atoms with Gasteiger partial charge in [-0.1, -0.05) is 12.1 Å². The number of hydrogen-bond donors (Lipinski definition) is 1. The van der Waals surface area contributed by atoms with Crippen LogP contribution in [-0.2, 0) is 4.74 Å². The second kappa shape index (κ2) is 7.51. The standard InChI is InChI=1S/C16H25NO2/c1-17-16(7-3-5-15-6-4-12-19-15)13-8-10-14(18-2)11-9-13/h8-11,15-17H,3-7,12H2,1-2H3. The lowest BCUT2D eigenvalue weighted by molar-refractivity contribution is 0.101. The first-order chi connectivity index (χ1) is 9.33. The smallest absolute Gasteiger partial charge is 0.118 e. The lowest BCUT2D eigenvalue weighted by Crippen LogP contribution is -2.17. The van der Waals surface area contributed by atoms with E-state index in [1.54, 1.807) is 7.11 Å². The molecule has 0 spiro atoms. The van der Waals surface area contributed by atoms with Crippen LogP contribution >= 0.6 is 0 Å². The molecule has 0 bridgehead atoms. The van der Waals surface area contributed by atoms with Crippen LogP contribution in [0, 0.1) is 0 Å². The van der Waals surface area contributed by atoms with E-state index in [0.717, 1.165) is 18.8 Å². The van der Waals surface area contributed by atoms with Crippen LogP contribution in [0.5, 0.6) is 5.75 Å². The van der Waals surface area contributed by atoms with E-state index in [-0.39, 0.29) is 0 Å². The summed E-state index contributed by atoms with van der Waals surface area (Å²) < 4.78 is 10.9. The van der Waals surface area contributed by atoms with Crippen molar-refractivity contribution in [2.24, 2.45) is 0 Å². The summed E-state index contributed by atoms with van der Waals surface area (Å²) in [6.45, 7) is 0.957. The van der Waals surface area contributed by atoms with Gasteiger partial charge in [0.15, 0.2) is 0 Å². The third-order valence-corrected chi connectivity index (χ3v) is 3.91. The molecule has 0 radical (unpaired) electrons. The first kappa shape index (κ1) is 14.4. The second-order valence-corrected chi connectivity index (χ2v) is 5.18. The molecule has 2 unspecified atom stereocenters. The van der Waals surface area contributed by atoms with Gasteiger partial charge in [0.25, 0.3) is 0 Å². The number of rotatable bonds is 7. The van der Waals surface area contributed by atoms with Crippen molar-refractivity contribution in [3.8, 4) is 5.75 Å². The van der Waals surface area contributed by atoms with E-state index in [1.807, 2.05) is 19.2 Å². The van der Waals surface area contributed by atoms with Gasteiger partial charge in [0.2, 0.25) is 0 Å². The molecule has 1 aliphatic heterocycles. The number of ether oxygens (including phenoxy) is 2. The molecule has 2 rings (SSSR count). The highest BCUT2D eigenvalue weighted by atomic mass is 16.5. The molecule has 0 aromatic heterocycles. The average molecular weight is 263 g/mol. The van der Waals surface area contributed by atoms with Crippen LogP contribution < -0.4 is 10.1 Å². The minimum Gasteiger partial charge on any atom is -0.497 e. The Bertz CT molecular complexity index is 358. The summed E-state index contributed by atoms with van der Waals surface area (Å²) in [6, 6.07) is 8.77. The van der Waals surface area contributed by atoms with Crippen molar-refractivity contribution in [3.05, 3.63) is 29.8 Å². The van der Waals surface area contributed by atoms with Gasteiger partial charge < -0.3 is 14.8 Å². The monoisotopic (exact) mass is 263 g/mol.